The van der Waals surface area contributed by atoms with Crippen molar-refractivity contribution in [2.24, 2.45) is 5.92 Å². The van der Waals surface area contributed by atoms with Crippen LogP contribution in [-0.4, -0.2) is 91.4 Å². The van der Waals surface area contributed by atoms with Crippen molar-refractivity contribution < 1.29 is 38.9 Å². The minimum absolute atomic E-state index is 0.00295. The molecule has 7 rings (SSSR count). The molecule has 1 unspecified atom stereocenters. The van der Waals surface area contributed by atoms with Crippen LogP contribution in [0.4, 0.5) is 4.79 Å². The lowest BCUT2D eigenvalue weighted by Gasteiger charge is -2.30. The number of carboxylic acid groups (broad SMARTS) is 1. The number of benzene rings is 1. The second-order valence-corrected chi connectivity index (χ2v) is 14.9. The van der Waals surface area contributed by atoms with E-state index in [2.05, 4.69) is 10.6 Å². The second-order valence-electron chi connectivity index (χ2n) is 14.0. The molecule has 2 aromatic heterocycles. The number of alkyl carbamates (subject to hydrolysis) is 1. The zero-order valence-electron chi connectivity index (χ0n) is 28.2. The van der Waals surface area contributed by atoms with E-state index in [0.717, 1.165) is 49.8 Å². The van der Waals surface area contributed by atoms with Gasteiger partial charge in [0, 0.05) is 12.3 Å². The highest BCUT2D eigenvalue weighted by atomic mass is 32.1. The largest absolute Gasteiger partial charge is 0.479 e. The third-order valence-electron chi connectivity index (χ3n) is 10.5. The molecule has 0 radical (unpaired) electrons. The molecule has 3 amide bonds. The molecule has 6 atom stereocenters. The maximum Gasteiger partial charge on any atom is 0.408 e. The molecule has 270 valence electrons. The summed E-state index contributed by atoms with van der Waals surface area (Å²) in [6.45, 7) is 0.00295. The molecule has 0 spiro atoms. The smallest absolute Gasteiger partial charge is 0.408 e. The van der Waals surface area contributed by atoms with E-state index in [0.29, 0.717) is 29.6 Å². The fourth-order valence-electron chi connectivity index (χ4n) is 7.62. The standard InChI is InChI=1S/C37H43N5O8S/c43-31(35(46)47)37-20-22(37)11-4-2-1-3-5-16-27(40-36(48)50-23-12-6-7-13-23)34(45)42-21-24(19-28(42)32(44)41-37)49-33-30(29-17-10-18-51-29)38-25-14-8-9-15-26(25)39-33/h4,8-11,14-15,17-18,22-24,27-28,31,43H,1-3,5-7,12-13,16,19-21H2,(H,40,48)(H,41,44)(H,46,47)/b11-4-/t22-,24-,27+,28-,31?,37-/m0/s1. The summed E-state index contributed by atoms with van der Waals surface area (Å²) in [5.74, 6) is -2.62. The van der Waals surface area contributed by atoms with Crippen LogP contribution >= 0.6 is 11.3 Å². The van der Waals surface area contributed by atoms with Gasteiger partial charge in [0.1, 0.15) is 30.0 Å². The first-order valence-corrected chi connectivity index (χ1v) is 18.7. The maximum absolute atomic E-state index is 14.5. The Morgan fingerprint density at radius 2 is 1.76 bits per heavy atom. The number of aliphatic hydroxyl groups excluding tert-OH is 1. The normalized spacial score (nSPS) is 28.5. The van der Waals surface area contributed by atoms with Gasteiger partial charge in [-0.3, -0.25) is 9.59 Å². The van der Waals surface area contributed by atoms with Gasteiger partial charge in [0.15, 0.2) is 6.10 Å². The van der Waals surface area contributed by atoms with Crippen LogP contribution in [0, 0.1) is 5.92 Å². The number of allylic oxidation sites excluding steroid dienone is 1. The molecule has 14 heteroatoms. The Morgan fingerprint density at radius 1 is 1.00 bits per heavy atom. The van der Waals surface area contributed by atoms with E-state index in [1.54, 1.807) is 0 Å². The number of aromatic nitrogens is 2. The number of carbonyl (C=O) groups is 4. The summed E-state index contributed by atoms with van der Waals surface area (Å²) in [6, 6.07) is 9.22. The molecule has 4 N–H and O–H groups in total. The molecule has 3 aromatic rings. The van der Waals surface area contributed by atoms with E-state index in [9.17, 15) is 29.4 Å². The first-order valence-electron chi connectivity index (χ1n) is 17.9. The molecule has 2 aliphatic carbocycles. The zero-order valence-corrected chi connectivity index (χ0v) is 29.1. The Hall–Kier alpha value is -4.56. The maximum atomic E-state index is 14.5. The average molecular weight is 718 g/mol. The number of amides is 3. The van der Waals surface area contributed by atoms with Crippen LogP contribution in [0.5, 0.6) is 5.88 Å². The number of thiophene rings is 1. The third-order valence-corrected chi connectivity index (χ3v) is 11.3. The highest BCUT2D eigenvalue weighted by Crippen LogP contribution is 2.48. The molecule has 2 aliphatic heterocycles. The number of ether oxygens (including phenoxy) is 2. The van der Waals surface area contributed by atoms with Crippen molar-refractivity contribution in [1.82, 2.24) is 25.5 Å². The predicted molar refractivity (Wildman–Crippen MR) is 188 cm³/mol. The van der Waals surface area contributed by atoms with Gasteiger partial charge in [0.2, 0.25) is 17.7 Å². The fraction of sp³-hybridized carbons (Fsp3) is 0.514. The van der Waals surface area contributed by atoms with Crippen LogP contribution in [0.3, 0.4) is 0 Å². The number of carbonyl (C=O) groups excluding carboxylic acids is 3. The van der Waals surface area contributed by atoms with E-state index in [-0.39, 0.29) is 37.3 Å². The zero-order chi connectivity index (χ0) is 35.5. The number of carboxylic acids is 1. The Labute approximate surface area is 299 Å². The van der Waals surface area contributed by atoms with Crippen LogP contribution in [0.2, 0.25) is 0 Å². The summed E-state index contributed by atoms with van der Waals surface area (Å²) in [5.41, 5.74) is 0.438. The Balaban J connectivity index is 1.20. The van der Waals surface area contributed by atoms with Gasteiger partial charge < -0.3 is 35.2 Å². The topological polar surface area (TPSA) is 180 Å². The van der Waals surface area contributed by atoms with Crippen LogP contribution in [0.1, 0.15) is 70.6 Å². The van der Waals surface area contributed by atoms with Crippen LogP contribution in [-0.2, 0) is 19.1 Å². The van der Waals surface area contributed by atoms with Crippen LogP contribution < -0.4 is 15.4 Å². The van der Waals surface area contributed by atoms with Crippen LogP contribution in [0.25, 0.3) is 21.6 Å². The fourth-order valence-corrected chi connectivity index (χ4v) is 8.32. The summed E-state index contributed by atoms with van der Waals surface area (Å²) in [7, 11) is 0. The third kappa shape index (κ3) is 7.57. The molecular weight excluding hydrogens is 675 g/mol. The van der Waals surface area contributed by atoms with Gasteiger partial charge in [0.25, 0.3) is 0 Å². The van der Waals surface area contributed by atoms with E-state index >= 15 is 0 Å². The monoisotopic (exact) mass is 717 g/mol. The van der Waals surface area contributed by atoms with Gasteiger partial charge in [-0.2, -0.15) is 0 Å². The van der Waals surface area contributed by atoms with Gasteiger partial charge in [0.05, 0.1) is 28.0 Å². The number of aliphatic carboxylic acids is 1. The van der Waals surface area contributed by atoms with Crippen molar-refractivity contribution in [3.05, 3.63) is 53.9 Å². The number of hydrogen-bond donors (Lipinski definition) is 4. The van der Waals surface area contributed by atoms with E-state index < -0.39 is 53.7 Å². The number of hydrogen-bond acceptors (Lipinski definition) is 10. The number of rotatable bonds is 7. The van der Waals surface area contributed by atoms with Crippen molar-refractivity contribution in [1.29, 1.82) is 0 Å². The van der Waals surface area contributed by atoms with Crippen molar-refractivity contribution in [3.63, 3.8) is 0 Å². The van der Waals surface area contributed by atoms with E-state index in [1.807, 2.05) is 53.9 Å². The van der Waals surface area contributed by atoms with Gasteiger partial charge in [-0.1, -0.05) is 43.2 Å². The average Bonchev–Trinajstić information content (AvgIpc) is 3.62. The van der Waals surface area contributed by atoms with Gasteiger partial charge in [-0.15, -0.1) is 11.3 Å². The second kappa shape index (κ2) is 15.0. The Kier molecular flexibility index (Phi) is 10.2. The molecule has 13 nitrogen and oxygen atoms in total. The van der Waals surface area contributed by atoms with E-state index in [4.69, 9.17) is 19.4 Å². The lowest BCUT2D eigenvalue weighted by molar-refractivity contribution is -0.150. The van der Waals surface area contributed by atoms with Crippen molar-refractivity contribution in [2.75, 3.05) is 6.54 Å². The van der Waals surface area contributed by atoms with Gasteiger partial charge >= 0.3 is 12.1 Å². The van der Waals surface area contributed by atoms with Gasteiger partial charge in [-0.25, -0.2) is 19.6 Å². The molecular formula is C37H43N5O8S. The van der Waals surface area contributed by atoms with Crippen LogP contribution in [0.15, 0.2) is 53.9 Å². The lowest BCUT2D eigenvalue weighted by Crippen LogP contribution is -2.58. The van der Waals surface area contributed by atoms with Crippen molar-refractivity contribution in [2.45, 2.75) is 107 Å². The highest BCUT2D eigenvalue weighted by molar-refractivity contribution is 7.13. The highest BCUT2D eigenvalue weighted by Gasteiger charge is 2.62. The summed E-state index contributed by atoms with van der Waals surface area (Å²) < 4.78 is 12.2. The number of nitrogens with zero attached hydrogens (tertiary/aromatic N) is 3. The molecule has 4 heterocycles. The molecule has 1 saturated heterocycles. The molecule has 51 heavy (non-hydrogen) atoms. The number of aliphatic hydroxyl groups is 1. The lowest BCUT2D eigenvalue weighted by atomic mass is 10.0. The molecule has 0 bridgehead atoms. The predicted octanol–water partition coefficient (Wildman–Crippen LogP) is 4.58. The number of nitrogens with one attached hydrogen (secondary N) is 2. The summed E-state index contributed by atoms with van der Waals surface area (Å²) in [4.78, 5) is 65.6. The minimum Gasteiger partial charge on any atom is -0.479 e. The molecule has 4 aliphatic rings. The summed E-state index contributed by atoms with van der Waals surface area (Å²) >= 11 is 1.48. The summed E-state index contributed by atoms with van der Waals surface area (Å²) in [5, 5.41) is 28.2. The first kappa shape index (κ1) is 34.9. The summed E-state index contributed by atoms with van der Waals surface area (Å²) in [6.07, 6.45) is 7.59. The molecule has 2 saturated carbocycles. The number of para-hydroxylation sites is 2. The molecule has 1 aromatic carbocycles. The Morgan fingerprint density at radius 3 is 2.51 bits per heavy atom. The Bertz CT molecular complexity index is 1800. The number of fused-ring (bicyclic) bond motifs is 3. The first-order chi connectivity index (χ1) is 24.7. The minimum atomic E-state index is -1.84. The quantitative estimate of drug-likeness (QED) is 0.253. The SMILES string of the molecule is O=C(N[C@@H]1CCCCC/C=C\[C@H]2C[C@]2(C(O)C(=O)O)NC(=O)[C@@H]2C[C@H](Oc3nc4ccccc4nc3-c3cccs3)CN2C1=O)OC1CCCC1. The molecule has 3 fully saturated rings. The van der Waals surface area contributed by atoms with Crippen molar-refractivity contribution in [3.8, 4) is 16.5 Å². The van der Waals surface area contributed by atoms with E-state index in [1.165, 1.54) is 16.2 Å². The van der Waals surface area contributed by atoms with Crippen molar-refractivity contribution >= 4 is 46.2 Å². The van der Waals surface area contributed by atoms with Gasteiger partial charge in [-0.05, 0) is 74.9 Å².